The molecule has 0 unspecified atom stereocenters. The van der Waals surface area contributed by atoms with Crippen molar-refractivity contribution in [3.63, 3.8) is 0 Å². The topological polar surface area (TPSA) is 78.0 Å². The van der Waals surface area contributed by atoms with Gasteiger partial charge in [-0.05, 0) is 30.4 Å². The molecule has 6 heteroatoms. The molecule has 2 N–H and O–H groups in total. The Balaban J connectivity index is 2.24. The number of aromatic nitrogens is 2. The quantitative estimate of drug-likeness (QED) is 0.912. The Kier molecular flexibility index (Phi) is 3.02. The monoisotopic (exact) mass is 331 g/mol. The fourth-order valence-corrected chi connectivity index (χ4v) is 2.60. The molecule has 1 aliphatic carbocycles. The second-order valence-electron chi connectivity index (χ2n) is 4.44. The number of fused-ring (bicyclic) bond motifs is 1. The van der Waals surface area contributed by atoms with Crippen molar-refractivity contribution in [1.29, 1.82) is 0 Å². The van der Waals surface area contributed by atoms with Crippen LogP contribution >= 0.6 is 15.9 Å². The van der Waals surface area contributed by atoms with Crippen molar-refractivity contribution in [3.8, 4) is 5.69 Å². The highest BCUT2D eigenvalue weighted by Gasteiger charge is 2.24. The predicted molar refractivity (Wildman–Crippen MR) is 77.5 cm³/mol. The molecule has 0 bridgehead atoms. The minimum Gasteiger partial charge on any atom is -0.364 e. The maximum Gasteiger partial charge on any atom is 0.269 e. The molecule has 3 rings (SSSR count). The van der Waals surface area contributed by atoms with Gasteiger partial charge in [-0.1, -0.05) is 22.0 Å². The lowest BCUT2D eigenvalue weighted by Crippen LogP contribution is -2.16. The van der Waals surface area contributed by atoms with Crippen molar-refractivity contribution < 1.29 is 9.59 Å². The van der Waals surface area contributed by atoms with E-state index in [1.165, 1.54) is 6.08 Å². The van der Waals surface area contributed by atoms with E-state index in [0.717, 1.165) is 15.9 Å². The number of rotatable bonds is 2. The summed E-state index contributed by atoms with van der Waals surface area (Å²) in [4.78, 5) is 23.0. The van der Waals surface area contributed by atoms with Crippen LogP contribution in [0.2, 0.25) is 0 Å². The molecule has 20 heavy (non-hydrogen) atoms. The number of nitrogens with zero attached hydrogens (tertiary/aromatic N) is 2. The fraction of sp³-hybridized carbons (Fsp3) is 0.0714. The summed E-state index contributed by atoms with van der Waals surface area (Å²) in [5, 5.41) is 4.25. The molecule has 1 amide bonds. The highest BCUT2D eigenvalue weighted by Crippen LogP contribution is 2.25. The number of carbonyl (C=O) groups is 2. The summed E-state index contributed by atoms with van der Waals surface area (Å²) < 4.78 is 2.53. The Morgan fingerprint density at radius 2 is 2.15 bits per heavy atom. The first kappa shape index (κ1) is 12.8. The lowest BCUT2D eigenvalue weighted by molar-refractivity contribution is -0.114. The molecule has 2 aromatic rings. The molecule has 1 aromatic carbocycles. The Labute approximate surface area is 123 Å². The molecule has 1 heterocycles. The van der Waals surface area contributed by atoms with Gasteiger partial charge < -0.3 is 5.73 Å². The van der Waals surface area contributed by atoms with Gasteiger partial charge in [-0.15, -0.1) is 0 Å². The van der Waals surface area contributed by atoms with E-state index < -0.39 is 5.91 Å². The van der Waals surface area contributed by atoms with Crippen molar-refractivity contribution in [2.24, 2.45) is 5.73 Å². The van der Waals surface area contributed by atoms with Gasteiger partial charge in [-0.25, -0.2) is 4.68 Å². The number of allylic oxidation sites excluding steroid dienone is 1. The zero-order valence-electron chi connectivity index (χ0n) is 10.3. The van der Waals surface area contributed by atoms with E-state index >= 15 is 0 Å². The van der Waals surface area contributed by atoms with Gasteiger partial charge in [0.15, 0.2) is 11.5 Å². The van der Waals surface area contributed by atoms with Crippen LogP contribution in [0.5, 0.6) is 0 Å². The van der Waals surface area contributed by atoms with Crippen LogP contribution in [0.3, 0.4) is 0 Å². The van der Waals surface area contributed by atoms with Gasteiger partial charge in [-0.3, -0.25) is 9.59 Å². The average molecular weight is 332 g/mol. The molecule has 0 saturated heterocycles. The fourth-order valence-electron chi connectivity index (χ4n) is 2.22. The van der Waals surface area contributed by atoms with Crippen LogP contribution in [0.15, 0.2) is 34.8 Å². The summed E-state index contributed by atoms with van der Waals surface area (Å²) in [7, 11) is 0. The van der Waals surface area contributed by atoms with Crippen molar-refractivity contribution in [1.82, 2.24) is 9.78 Å². The van der Waals surface area contributed by atoms with Crippen LogP contribution < -0.4 is 5.73 Å². The molecule has 0 atom stereocenters. The summed E-state index contributed by atoms with van der Waals surface area (Å²) in [6.45, 7) is 0. The highest BCUT2D eigenvalue weighted by molar-refractivity contribution is 9.10. The molecule has 0 spiro atoms. The number of ketones is 1. The first-order valence-electron chi connectivity index (χ1n) is 5.95. The number of primary amides is 1. The minimum absolute atomic E-state index is 0.0613. The van der Waals surface area contributed by atoms with Gasteiger partial charge in [-0.2, -0.15) is 5.10 Å². The highest BCUT2D eigenvalue weighted by atomic mass is 79.9. The standard InChI is InChI=1S/C14H10BrN3O2/c15-8-2-1-3-9(6-8)18-12-5-4-10(19)7-11(12)13(17-18)14(16)20/h1-6H,7H2,(H2,16,20). The molecule has 1 aromatic heterocycles. The second-order valence-corrected chi connectivity index (χ2v) is 5.36. The number of hydrogen-bond acceptors (Lipinski definition) is 3. The zero-order valence-corrected chi connectivity index (χ0v) is 11.9. The third kappa shape index (κ3) is 2.08. The Morgan fingerprint density at radius 3 is 2.85 bits per heavy atom. The molecule has 1 aliphatic rings. The van der Waals surface area contributed by atoms with Crippen molar-refractivity contribution in [2.45, 2.75) is 6.42 Å². The summed E-state index contributed by atoms with van der Waals surface area (Å²) in [5.74, 6) is -0.688. The van der Waals surface area contributed by atoms with Crippen LogP contribution in [0.25, 0.3) is 11.8 Å². The molecule has 0 saturated carbocycles. The minimum atomic E-state index is -0.627. The van der Waals surface area contributed by atoms with Crippen LogP contribution in [0.1, 0.15) is 21.7 Å². The van der Waals surface area contributed by atoms with Gasteiger partial charge in [0, 0.05) is 16.5 Å². The van der Waals surface area contributed by atoms with Gasteiger partial charge in [0.25, 0.3) is 5.91 Å². The van der Waals surface area contributed by atoms with E-state index in [9.17, 15) is 9.59 Å². The first-order valence-corrected chi connectivity index (χ1v) is 6.74. The van der Waals surface area contributed by atoms with E-state index in [4.69, 9.17) is 5.73 Å². The second kappa shape index (κ2) is 4.72. The number of amides is 1. The number of carbonyl (C=O) groups excluding carboxylic acids is 2. The summed E-state index contributed by atoms with van der Waals surface area (Å²) in [6, 6.07) is 7.51. The van der Waals surface area contributed by atoms with Gasteiger partial charge >= 0.3 is 0 Å². The normalized spacial score (nSPS) is 13.3. The summed E-state index contributed by atoms with van der Waals surface area (Å²) >= 11 is 3.40. The number of nitrogens with two attached hydrogens (primary N) is 1. The molecule has 100 valence electrons. The van der Waals surface area contributed by atoms with E-state index in [1.807, 2.05) is 24.3 Å². The molecule has 0 aliphatic heterocycles. The van der Waals surface area contributed by atoms with E-state index in [1.54, 1.807) is 10.8 Å². The van der Waals surface area contributed by atoms with Crippen LogP contribution in [-0.4, -0.2) is 21.5 Å². The maximum atomic E-state index is 11.5. The largest absolute Gasteiger partial charge is 0.364 e. The smallest absolute Gasteiger partial charge is 0.269 e. The predicted octanol–water partition coefficient (Wildman–Crippen LogP) is 1.87. The zero-order chi connectivity index (χ0) is 14.3. The van der Waals surface area contributed by atoms with Crippen molar-refractivity contribution in [3.05, 3.63) is 51.8 Å². The SMILES string of the molecule is NC(=O)c1nn(-c2cccc(Br)c2)c2c1CC(=O)C=C2. The number of hydrogen-bond donors (Lipinski definition) is 1. The molecule has 0 fully saturated rings. The Bertz CT molecular complexity index is 762. The number of halogens is 1. The van der Waals surface area contributed by atoms with Crippen LogP contribution in [-0.2, 0) is 11.2 Å². The maximum absolute atomic E-state index is 11.5. The Morgan fingerprint density at radius 1 is 1.35 bits per heavy atom. The lowest BCUT2D eigenvalue weighted by Gasteiger charge is -2.08. The molecular formula is C14H10BrN3O2. The van der Waals surface area contributed by atoms with E-state index in [-0.39, 0.29) is 17.9 Å². The summed E-state index contributed by atoms with van der Waals surface area (Å²) in [6.07, 6.45) is 3.31. The van der Waals surface area contributed by atoms with Gasteiger partial charge in [0.05, 0.1) is 11.4 Å². The van der Waals surface area contributed by atoms with Crippen LogP contribution in [0, 0.1) is 0 Å². The van der Waals surface area contributed by atoms with Crippen molar-refractivity contribution in [2.75, 3.05) is 0 Å². The van der Waals surface area contributed by atoms with Crippen molar-refractivity contribution >= 4 is 33.7 Å². The lowest BCUT2D eigenvalue weighted by atomic mass is 10.0. The first-order chi connectivity index (χ1) is 9.56. The summed E-state index contributed by atoms with van der Waals surface area (Å²) in [5.41, 5.74) is 7.60. The third-order valence-corrected chi connectivity index (χ3v) is 3.58. The molecule has 5 nitrogen and oxygen atoms in total. The average Bonchev–Trinajstić information content (AvgIpc) is 2.77. The third-order valence-electron chi connectivity index (χ3n) is 3.09. The number of benzene rings is 1. The van der Waals surface area contributed by atoms with E-state index in [0.29, 0.717) is 5.56 Å². The van der Waals surface area contributed by atoms with Crippen LogP contribution in [0.4, 0.5) is 0 Å². The molecule has 0 radical (unpaired) electrons. The van der Waals surface area contributed by atoms with E-state index in [2.05, 4.69) is 21.0 Å². The Hall–Kier alpha value is -2.21. The van der Waals surface area contributed by atoms with Gasteiger partial charge in [0.2, 0.25) is 0 Å². The molecular weight excluding hydrogens is 322 g/mol. The van der Waals surface area contributed by atoms with Gasteiger partial charge in [0.1, 0.15) is 0 Å².